The van der Waals surface area contributed by atoms with Gasteiger partial charge in [0.15, 0.2) is 0 Å². The number of carbonyl (C=O) groups excluding carboxylic acids is 2. The van der Waals surface area contributed by atoms with Crippen molar-refractivity contribution < 1.29 is 14.3 Å². The molecular formula is C16H23NO3S. The molecule has 0 saturated heterocycles. The molecule has 5 heteroatoms. The Balaban J connectivity index is 2.02. The number of nitrogens with zero attached hydrogens (tertiary/aromatic N) is 1. The van der Waals surface area contributed by atoms with E-state index in [4.69, 9.17) is 4.74 Å². The molecule has 0 unspecified atom stereocenters. The molecule has 1 saturated carbocycles. The zero-order chi connectivity index (χ0) is 15.1. The van der Waals surface area contributed by atoms with Crippen LogP contribution in [-0.2, 0) is 9.53 Å². The maximum Gasteiger partial charge on any atom is 0.307 e. The van der Waals surface area contributed by atoms with Gasteiger partial charge in [0.05, 0.1) is 17.9 Å². The number of hydrogen-bond acceptors (Lipinski definition) is 4. The summed E-state index contributed by atoms with van der Waals surface area (Å²) < 4.78 is 4.98. The first-order valence-corrected chi connectivity index (χ1v) is 8.60. The van der Waals surface area contributed by atoms with Crippen molar-refractivity contribution in [3.05, 3.63) is 22.4 Å². The number of thiophene rings is 1. The normalized spacial score (nSPS) is 15.7. The highest BCUT2D eigenvalue weighted by atomic mass is 32.1. The summed E-state index contributed by atoms with van der Waals surface area (Å²) in [6.07, 6.45) is 5.94. The van der Waals surface area contributed by atoms with Crippen LogP contribution in [0.5, 0.6) is 0 Å². The van der Waals surface area contributed by atoms with E-state index >= 15 is 0 Å². The molecule has 1 fully saturated rings. The van der Waals surface area contributed by atoms with Gasteiger partial charge in [-0.1, -0.05) is 25.3 Å². The monoisotopic (exact) mass is 309 g/mol. The summed E-state index contributed by atoms with van der Waals surface area (Å²) in [7, 11) is 0. The third kappa shape index (κ3) is 4.56. The Morgan fingerprint density at radius 2 is 2.10 bits per heavy atom. The van der Waals surface area contributed by atoms with Crippen molar-refractivity contribution in [1.82, 2.24) is 4.90 Å². The fourth-order valence-corrected chi connectivity index (χ4v) is 3.51. The third-order valence-corrected chi connectivity index (χ3v) is 4.73. The molecule has 1 aliphatic rings. The molecule has 0 radical (unpaired) electrons. The van der Waals surface area contributed by atoms with Gasteiger partial charge in [-0.25, -0.2) is 0 Å². The molecule has 0 aliphatic heterocycles. The van der Waals surface area contributed by atoms with E-state index < -0.39 is 0 Å². The second-order valence-corrected chi connectivity index (χ2v) is 6.27. The van der Waals surface area contributed by atoms with E-state index in [0.29, 0.717) is 13.2 Å². The molecule has 1 heterocycles. The average Bonchev–Trinajstić information content (AvgIpc) is 3.03. The van der Waals surface area contributed by atoms with Crippen molar-refractivity contribution in [1.29, 1.82) is 0 Å². The molecule has 21 heavy (non-hydrogen) atoms. The first kappa shape index (κ1) is 16.0. The molecular weight excluding hydrogens is 286 g/mol. The lowest BCUT2D eigenvalue weighted by atomic mass is 9.94. The van der Waals surface area contributed by atoms with E-state index in [0.717, 1.165) is 30.6 Å². The van der Waals surface area contributed by atoms with Crippen molar-refractivity contribution in [2.75, 3.05) is 13.2 Å². The molecule has 0 aromatic carbocycles. The van der Waals surface area contributed by atoms with E-state index in [-0.39, 0.29) is 24.3 Å². The van der Waals surface area contributed by atoms with Crippen LogP contribution in [0.1, 0.15) is 55.1 Å². The van der Waals surface area contributed by atoms with E-state index in [1.54, 1.807) is 6.92 Å². The average molecular weight is 309 g/mol. The lowest BCUT2D eigenvalue weighted by Gasteiger charge is -2.34. The van der Waals surface area contributed by atoms with Crippen LogP contribution in [0, 0.1) is 0 Å². The van der Waals surface area contributed by atoms with E-state index in [1.807, 2.05) is 22.4 Å². The standard InChI is InChI=1S/C16H23NO3S/c1-2-20-15(18)10-11-17(13-7-4-3-5-8-13)16(19)14-9-6-12-21-14/h6,9,12-13H,2-5,7-8,10-11H2,1H3. The second kappa shape index (κ2) is 8.17. The number of ether oxygens (including phenoxy) is 1. The molecule has 0 N–H and O–H groups in total. The summed E-state index contributed by atoms with van der Waals surface area (Å²) in [5, 5.41) is 1.91. The number of hydrogen-bond donors (Lipinski definition) is 0. The Morgan fingerprint density at radius 3 is 2.71 bits per heavy atom. The molecule has 1 aliphatic carbocycles. The van der Waals surface area contributed by atoms with E-state index in [9.17, 15) is 9.59 Å². The highest BCUT2D eigenvalue weighted by Crippen LogP contribution is 2.25. The highest BCUT2D eigenvalue weighted by Gasteiger charge is 2.27. The summed E-state index contributed by atoms with van der Waals surface area (Å²) in [6.45, 7) is 2.65. The molecule has 0 bridgehead atoms. The maximum absolute atomic E-state index is 12.7. The zero-order valence-electron chi connectivity index (χ0n) is 12.5. The Morgan fingerprint density at radius 1 is 1.33 bits per heavy atom. The lowest BCUT2D eigenvalue weighted by Crippen LogP contribution is -2.42. The van der Waals surface area contributed by atoms with Crippen LogP contribution in [0.15, 0.2) is 17.5 Å². The number of esters is 1. The summed E-state index contributed by atoms with van der Waals surface area (Å²) >= 11 is 1.46. The van der Waals surface area contributed by atoms with Gasteiger partial charge in [0, 0.05) is 12.6 Å². The van der Waals surface area contributed by atoms with Crippen LogP contribution in [0.2, 0.25) is 0 Å². The van der Waals surface area contributed by atoms with Crippen LogP contribution >= 0.6 is 11.3 Å². The van der Waals surface area contributed by atoms with Crippen LogP contribution in [0.4, 0.5) is 0 Å². The van der Waals surface area contributed by atoms with Gasteiger partial charge >= 0.3 is 5.97 Å². The molecule has 0 spiro atoms. The van der Waals surface area contributed by atoms with Crippen molar-refractivity contribution in [2.45, 2.75) is 51.5 Å². The number of carbonyl (C=O) groups is 2. The van der Waals surface area contributed by atoms with Gasteiger partial charge < -0.3 is 9.64 Å². The molecule has 116 valence electrons. The van der Waals surface area contributed by atoms with E-state index in [1.165, 1.54) is 17.8 Å². The Labute approximate surface area is 130 Å². The highest BCUT2D eigenvalue weighted by molar-refractivity contribution is 7.12. The van der Waals surface area contributed by atoms with Crippen LogP contribution in [0.25, 0.3) is 0 Å². The number of amides is 1. The fourth-order valence-electron chi connectivity index (χ4n) is 2.83. The molecule has 1 aromatic rings. The largest absolute Gasteiger partial charge is 0.466 e. The summed E-state index contributed by atoms with van der Waals surface area (Å²) in [6, 6.07) is 4.01. The smallest absolute Gasteiger partial charge is 0.307 e. The van der Waals surface area contributed by atoms with Crippen molar-refractivity contribution in [2.24, 2.45) is 0 Å². The fraction of sp³-hybridized carbons (Fsp3) is 0.625. The minimum Gasteiger partial charge on any atom is -0.466 e. The van der Waals surface area contributed by atoms with Gasteiger partial charge in [-0.3, -0.25) is 9.59 Å². The van der Waals surface area contributed by atoms with Crippen LogP contribution < -0.4 is 0 Å². The molecule has 0 atom stereocenters. The second-order valence-electron chi connectivity index (χ2n) is 5.32. The molecule has 1 amide bonds. The van der Waals surface area contributed by atoms with Crippen LogP contribution in [0.3, 0.4) is 0 Å². The SMILES string of the molecule is CCOC(=O)CCN(C(=O)c1cccs1)C1CCCCC1. The summed E-state index contributed by atoms with van der Waals surface area (Å²) in [4.78, 5) is 26.9. The molecule has 4 nitrogen and oxygen atoms in total. The van der Waals surface area contributed by atoms with Gasteiger partial charge in [0.1, 0.15) is 0 Å². The minimum absolute atomic E-state index is 0.0567. The maximum atomic E-state index is 12.7. The topological polar surface area (TPSA) is 46.6 Å². The van der Waals surface area contributed by atoms with Crippen LogP contribution in [-0.4, -0.2) is 36.0 Å². The van der Waals surface area contributed by atoms with Gasteiger partial charge in [-0.2, -0.15) is 0 Å². The number of rotatable bonds is 6. The Kier molecular flexibility index (Phi) is 6.23. The summed E-state index contributed by atoms with van der Waals surface area (Å²) in [5.74, 6) is -0.168. The van der Waals surface area contributed by atoms with Gasteiger partial charge in [0.25, 0.3) is 5.91 Å². The quantitative estimate of drug-likeness (QED) is 0.756. The zero-order valence-corrected chi connectivity index (χ0v) is 13.4. The van der Waals surface area contributed by atoms with E-state index in [2.05, 4.69) is 0 Å². The molecule has 1 aromatic heterocycles. The summed E-state index contributed by atoms with van der Waals surface area (Å²) in [5.41, 5.74) is 0. The Hall–Kier alpha value is -1.36. The van der Waals surface area contributed by atoms with Gasteiger partial charge in [-0.15, -0.1) is 11.3 Å². The first-order chi connectivity index (χ1) is 10.2. The van der Waals surface area contributed by atoms with Crippen molar-refractivity contribution >= 4 is 23.2 Å². The Bertz CT molecular complexity index is 452. The van der Waals surface area contributed by atoms with Gasteiger partial charge in [0.2, 0.25) is 0 Å². The van der Waals surface area contributed by atoms with Gasteiger partial charge in [-0.05, 0) is 31.2 Å². The predicted molar refractivity (Wildman–Crippen MR) is 83.5 cm³/mol. The third-order valence-electron chi connectivity index (χ3n) is 3.87. The predicted octanol–water partition coefficient (Wildman–Crippen LogP) is 3.48. The molecule has 2 rings (SSSR count). The van der Waals surface area contributed by atoms with Crippen molar-refractivity contribution in [3.63, 3.8) is 0 Å². The minimum atomic E-state index is -0.225. The first-order valence-electron chi connectivity index (χ1n) is 7.72. The van der Waals surface area contributed by atoms with Crippen molar-refractivity contribution in [3.8, 4) is 0 Å². The lowest BCUT2D eigenvalue weighted by molar-refractivity contribution is -0.143.